The molecule has 1 heterocycles. The van der Waals surface area contributed by atoms with Crippen LogP contribution >= 0.6 is 0 Å². The van der Waals surface area contributed by atoms with Crippen LogP contribution in [0.4, 0.5) is 0 Å². The van der Waals surface area contributed by atoms with E-state index >= 15 is 0 Å². The molecule has 0 aliphatic carbocycles. The van der Waals surface area contributed by atoms with E-state index in [1.807, 2.05) is 6.92 Å². The molecule has 0 bridgehead atoms. The fourth-order valence-electron chi connectivity index (χ4n) is 2.14. The third-order valence-corrected chi connectivity index (χ3v) is 4.78. The van der Waals surface area contributed by atoms with Crippen LogP contribution < -0.4 is 14.8 Å². The van der Waals surface area contributed by atoms with Gasteiger partial charge in [-0.1, -0.05) is 24.3 Å². The monoisotopic (exact) mass is 363 g/mol. The lowest BCUT2D eigenvalue weighted by Gasteiger charge is -2.10. The number of hydrogen-bond donors (Lipinski definition) is 2. The number of pyridine rings is 1. The van der Waals surface area contributed by atoms with E-state index in [1.54, 1.807) is 42.6 Å². The molecule has 2 aromatic rings. The maximum atomic E-state index is 12.3. The van der Waals surface area contributed by atoms with Gasteiger partial charge in [-0.2, -0.15) is 0 Å². The maximum Gasteiger partial charge on any atom is 0.257 e. The number of hydrogen-bond acceptors (Lipinski definition) is 5. The second kappa shape index (κ2) is 8.59. The van der Waals surface area contributed by atoms with Gasteiger partial charge in [0.1, 0.15) is 5.56 Å². The molecule has 1 aromatic heterocycles. The van der Waals surface area contributed by atoms with Crippen molar-refractivity contribution in [3.63, 3.8) is 0 Å². The van der Waals surface area contributed by atoms with Gasteiger partial charge in [-0.05, 0) is 37.2 Å². The summed E-state index contributed by atoms with van der Waals surface area (Å²) in [6.45, 7) is 2.57. The number of amides is 1. The minimum Gasteiger partial charge on any atom is -0.477 e. The van der Waals surface area contributed by atoms with Crippen molar-refractivity contribution in [1.82, 2.24) is 15.0 Å². The highest BCUT2D eigenvalue weighted by atomic mass is 32.2. The first-order chi connectivity index (χ1) is 11.9. The van der Waals surface area contributed by atoms with Crippen LogP contribution in [-0.2, 0) is 22.3 Å². The van der Waals surface area contributed by atoms with E-state index in [4.69, 9.17) is 4.74 Å². The van der Waals surface area contributed by atoms with Gasteiger partial charge < -0.3 is 10.1 Å². The maximum absolute atomic E-state index is 12.3. The molecule has 0 aliphatic heterocycles. The third kappa shape index (κ3) is 5.54. The lowest BCUT2D eigenvalue weighted by molar-refractivity contribution is 0.0946. The zero-order valence-electron chi connectivity index (χ0n) is 14.2. The summed E-state index contributed by atoms with van der Waals surface area (Å²) in [7, 11) is -1.91. The van der Waals surface area contributed by atoms with Crippen molar-refractivity contribution >= 4 is 15.9 Å². The fourth-order valence-corrected chi connectivity index (χ4v) is 2.91. The Hall–Kier alpha value is -2.45. The molecule has 0 aliphatic rings. The van der Waals surface area contributed by atoms with Crippen LogP contribution in [-0.4, -0.2) is 33.0 Å². The number of carbonyl (C=O) groups excluding carboxylic acids is 1. The van der Waals surface area contributed by atoms with Gasteiger partial charge in [-0.15, -0.1) is 0 Å². The predicted molar refractivity (Wildman–Crippen MR) is 94.7 cm³/mol. The van der Waals surface area contributed by atoms with Crippen molar-refractivity contribution in [2.75, 3.05) is 13.7 Å². The first-order valence-corrected chi connectivity index (χ1v) is 9.45. The fraction of sp³-hybridized carbons (Fsp3) is 0.294. The predicted octanol–water partition coefficient (Wildman–Crippen LogP) is 1.46. The molecular weight excluding hydrogens is 342 g/mol. The number of rotatable bonds is 8. The van der Waals surface area contributed by atoms with Crippen LogP contribution in [0.15, 0.2) is 42.6 Å². The van der Waals surface area contributed by atoms with Gasteiger partial charge >= 0.3 is 0 Å². The van der Waals surface area contributed by atoms with Crippen LogP contribution in [0.1, 0.15) is 28.4 Å². The second-order valence-electron chi connectivity index (χ2n) is 5.25. The Labute approximate surface area is 147 Å². The van der Waals surface area contributed by atoms with E-state index in [2.05, 4.69) is 15.0 Å². The zero-order valence-corrected chi connectivity index (χ0v) is 15.0. The van der Waals surface area contributed by atoms with Crippen molar-refractivity contribution in [2.45, 2.75) is 19.2 Å². The number of nitrogens with one attached hydrogen (secondary N) is 2. The van der Waals surface area contributed by atoms with Crippen LogP contribution in [0.2, 0.25) is 0 Å². The molecule has 134 valence electrons. The van der Waals surface area contributed by atoms with Crippen LogP contribution in [0.3, 0.4) is 0 Å². The van der Waals surface area contributed by atoms with Gasteiger partial charge in [0.2, 0.25) is 15.9 Å². The summed E-state index contributed by atoms with van der Waals surface area (Å²) in [6.07, 6.45) is 1.57. The van der Waals surface area contributed by atoms with Gasteiger partial charge in [-0.3, -0.25) is 4.79 Å². The average molecular weight is 363 g/mol. The Morgan fingerprint density at radius 1 is 1.16 bits per heavy atom. The SMILES string of the molecule is CCOc1ncccc1C(=O)NCc1ccc(CS(=O)(=O)NC)cc1. The molecule has 1 aromatic carbocycles. The van der Waals surface area contributed by atoms with Gasteiger partial charge in [0, 0.05) is 12.7 Å². The molecule has 0 saturated carbocycles. The molecule has 0 spiro atoms. The molecule has 0 unspecified atom stereocenters. The molecule has 1 amide bonds. The third-order valence-electron chi connectivity index (χ3n) is 3.44. The second-order valence-corrected chi connectivity index (χ2v) is 7.18. The smallest absolute Gasteiger partial charge is 0.257 e. The standard InChI is InChI=1S/C17H21N3O4S/c1-3-24-17-15(5-4-10-19-17)16(21)20-11-13-6-8-14(9-7-13)12-25(22,23)18-2/h4-10,18H,3,11-12H2,1-2H3,(H,20,21). The lowest BCUT2D eigenvalue weighted by Crippen LogP contribution is -2.24. The molecule has 0 radical (unpaired) electrons. The first kappa shape index (κ1) is 18.9. The van der Waals surface area contributed by atoms with Crippen molar-refractivity contribution in [3.05, 3.63) is 59.3 Å². The largest absolute Gasteiger partial charge is 0.477 e. The number of aromatic nitrogens is 1. The highest BCUT2D eigenvalue weighted by molar-refractivity contribution is 7.88. The Balaban J connectivity index is 1.98. The van der Waals surface area contributed by atoms with E-state index < -0.39 is 10.0 Å². The normalized spacial score (nSPS) is 11.1. The van der Waals surface area contributed by atoms with Crippen LogP contribution in [0.5, 0.6) is 5.88 Å². The zero-order chi connectivity index (χ0) is 18.3. The lowest BCUT2D eigenvalue weighted by atomic mass is 10.1. The van der Waals surface area contributed by atoms with Gasteiger partial charge in [-0.25, -0.2) is 18.1 Å². The quantitative estimate of drug-likeness (QED) is 0.740. The minimum absolute atomic E-state index is 0.0798. The Bertz CT molecular complexity index is 820. The molecule has 0 fully saturated rings. The number of carbonyl (C=O) groups is 1. The summed E-state index contributed by atoms with van der Waals surface area (Å²) in [6, 6.07) is 10.4. The van der Waals surface area contributed by atoms with Crippen LogP contribution in [0, 0.1) is 0 Å². The van der Waals surface area contributed by atoms with E-state index in [0.29, 0.717) is 30.2 Å². The van der Waals surface area contributed by atoms with Crippen LogP contribution in [0.25, 0.3) is 0 Å². The van der Waals surface area contributed by atoms with E-state index in [9.17, 15) is 13.2 Å². The molecule has 2 N–H and O–H groups in total. The molecule has 0 atom stereocenters. The summed E-state index contributed by atoms with van der Waals surface area (Å²) in [5, 5.41) is 2.80. The molecular formula is C17H21N3O4S. The topological polar surface area (TPSA) is 97.4 Å². The first-order valence-electron chi connectivity index (χ1n) is 7.80. The van der Waals surface area contributed by atoms with E-state index in [0.717, 1.165) is 5.56 Å². The summed E-state index contributed by atoms with van der Waals surface area (Å²) in [5.74, 6) is -0.0581. The van der Waals surface area contributed by atoms with Crippen molar-refractivity contribution in [3.8, 4) is 5.88 Å². The molecule has 0 saturated heterocycles. The summed E-state index contributed by atoms with van der Waals surface area (Å²) >= 11 is 0. The number of nitrogens with zero attached hydrogens (tertiary/aromatic N) is 1. The van der Waals surface area contributed by atoms with Gasteiger partial charge in [0.25, 0.3) is 5.91 Å². The average Bonchev–Trinajstić information content (AvgIpc) is 2.61. The minimum atomic E-state index is -3.30. The molecule has 7 nitrogen and oxygen atoms in total. The number of ether oxygens (including phenoxy) is 1. The van der Waals surface area contributed by atoms with Gasteiger partial charge in [0.15, 0.2) is 0 Å². The highest BCUT2D eigenvalue weighted by Gasteiger charge is 2.13. The Morgan fingerprint density at radius 3 is 2.48 bits per heavy atom. The summed E-state index contributed by atoms with van der Waals surface area (Å²) in [5.41, 5.74) is 1.91. The molecule has 8 heteroatoms. The van der Waals surface area contributed by atoms with E-state index in [-0.39, 0.29) is 11.7 Å². The van der Waals surface area contributed by atoms with Crippen molar-refractivity contribution in [1.29, 1.82) is 0 Å². The van der Waals surface area contributed by atoms with Crippen molar-refractivity contribution in [2.24, 2.45) is 0 Å². The highest BCUT2D eigenvalue weighted by Crippen LogP contribution is 2.14. The number of sulfonamides is 1. The summed E-state index contributed by atoms with van der Waals surface area (Å²) in [4.78, 5) is 16.3. The van der Waals surface area contributed by atoms with E-state index in [1.165, 1.54) is 7.05 Å². The van der Waals surface area contributed by atoms with Crippen molar-refractivity contribution < 1.29 is 17.9 Å². The summed E-state index contributed by atoms with van der Waals surface area (Å²) < 4.78 is 30.7. The number of benzene rings is 1. The molecule has 2 rings (SSSR count). The Kier molecular flexibility index (Phi) is 6.49. The Morgan fingerprint density at radius 2 is 1.84 bits per heavy atom. The van der Waals surface area contributed by atoms with Gasteiger partial charge in [0.05, 0.1) is 12.4 Å². The molecule has 25 heavy (non-hydrogen) atoms.